The number of H-pyrrole nitrogens is 1. The molecule has 3 aromatic rings. The maximum atomic E-state index is 14.4. The van der Waals surface area contributed by atoms with Gasteiger partial charge in [-0.05, 0) is 66.3 Å². The standard InChI is InChI=1S/C24H23F3N4O/c1-29-7-6-17(28)12-21(32)30-18-8-14(9-18)22-19-10-16(26)11-20(27)24(19)31-23(22)13-2-4-15(25)5-3-13/h2-7,10-11,14,18,31H,8-9,12,28H2,1H3,(H,30,32)/b17-6-,29-7?. The number of nitrogens with two attached hydrogens (primary N) is 1. The van der Waals surface area contributed by atoms with Gasteiger partial charge in [0.15, 0.2) is 0 Å². The van der Waals surface area contributed by atoms with Crippen LogP contribution in [0, 0.1) is 17.5 Å². The Kier molecular flexibility index (Phi) is 6.03. The van der Waals surface area contributed by atoms with Crippen LogP contribution in [-0.2, 0) is 4.79 Å². The summed E-state index contributed by atoms with van der Waals surface area (Å²) in [5.41, 5.74) is 8.50. The van der Waals surface area contributed by atoms with Gasteiger partial charge >= 0.3 is 0 Å². The van der Waals surface area contributed by atoms with E-state index in [4.69, 9.17) is 5.73 Å². The smallest absolute Gasteiger partial charge is 0.226 e. The molecule has 8 heteroatoms. The lowest BCUT2D eigenvalue weighted by Gasteiger charge is -2.36. The number of halogens is 3. The summed E-state index contributed by atoms with van der Waals surface area (Å²) in [5.74, 6) is -1.94. The molecule has 1 saturated carbocycles. The molecule has 4 N–H and O–H groups in total. The lowest BCUT2D eigenvalue weighted by atomic mass is 9.74. The van der Waals surface area contributed by atoms with Crippen LogP contribution in [0.15, 0.2) is 53.2 Å². The van der Waals surface area contributed by atoms with Gasteiger partial charge in [-0.2, -0.15) is 0 Å². The maximum absolute atomic E-state index is 14.4. The molecule has 1 aromatic heterocycles. The predicted octanol–water partition coefficient (Wildman–Crippen LogP) is 4.55. The highest BCUT2D eigenvalue weighted by Gasteiger charge is 2.35. The average molecular weight is 440 g/mol. The Morgan fingerprint density at radius 2 is 1.91 bits per heavy atom. The Balaban J connectivity index is 1.57. The zero-order valence-electron chi connectivity index (χ0n) is 17.5. The van der Waals surface area contributed by atoms with Crippen molar-refractivity contribution < 1.29 is 18.0 Å². The number of carbonyl (C=O) groups is 1. The summed E-state index contributed by atoms with van der Waals surface area (Å²) in [6, 6.07) is 7.93. The second-order valence-electron chi connectivity index (χ2n) is 7.99. The fraction of sp³-hybridized carbons (Fsp3) is 0.250. The fourth-order valence-electron chi connectivity index (χ4n) is 4.17. The van der Waals surface area contributed by atoms with Gasteiger partial charge in [0.05, 0.1) is 17.6 Å². The van der Waals surface area contributed by atoms with Gasteiger partial charge in [-0.3, -0.25) is 9.79 Å². The van der Waals surface area contributed by atoms with E-state index in [0.717, 1.165) is 11.6 Å². The summed E-state index contributed by atoms with van der Waals surface area (Å²) in [6.07, 6.45) is 4.40. The normalized spacial score (nSPS) is 18.8. The topological polar surface area (TPSA) is 83.3 Å². The highest BCUT2D eigenvalue weighted by Crippen LogP contribution is 2.45. The second-order valence-corrected chi connectivity index (χ2v) is 7.99. The second kappa shape index (κ2) is 8.90. The van der Waals surface area contributed by atoms with Crippen molar-refractivity contribution in [3.05, 3.63) is 71.2 Å². The number of amides is 1. The molecule has 166 valence electrons. The molecule has 1 aliphatic carbocycles. The predicted molar refractivity (Wildman–Crippen MR) is 119 cm³/mol. The number of aliphatic imine (C=N–C) groups is 1. The van der Waals surface area contributed by atoms with E-state index in [9.17, 15) is 18.0 Å². The quantitative estimate of drug-likeness (QED) is 0.492. The lowest BCUT2D eigenvalue weighted by Crippen LogP contribution is -2.43. The molecule has 4 rings (SSSR count). The van der Waals surface area contributed by atoms with Crippen LogP contribution in [0.25, 0.3) is 22.2 Å². The molecule has 1 amide bonds. The number of nitrogens with zero attached hydrogens (tertiary/aromatic N) is 1. The minimum Gasteiger partial charge on any atom is -0.402 e. The highest BCUT2D eigenvalue weighted by molar-refractivity contribution is 5.92. The van der Waals surface area contributed by atoms with Gasteiger partial charge < -0.3 is 16.0 Å². The minimum absolute atomic E-state index is 0.0181. The summed E-state index contributed by atoms with van der Waals surface area (Å²) < 4.78 is 41.9. The van der Waals surface area contributed by atoms with Crippen molar-refractivity contribution in [3.8, 4) is 11.3 Å². The van der Waals surface area contributed by atoms with Crippen LogP contribution >= 0.6 is 0 Å². The molecule has 0 saturated heterocycles. The summed E-state index contributed by atoms with van der Waals surface area (Å²) >= 11 is 0. The molecule has 0 radical (unpaired) electrons. The summed E-state index contributed by atoms with van der Waals surface area (Å²) in [4.78, 5) is 19.1. The van der Waals surface area contributed by atoms with Crippen molar-refractivity contribution >= 4 is 23.0 Å². The molecule has 0 spiro atoms. The molecule has 0 aliphatic heterocycles. The van der Waals surface area contributed by atoms with E-state index < -0.39 is 11.6 Å². The van der Waals surface area contributed by atoms with Gasteiger partial charge in [0.1, 0.15) is 17.5 Å². The third kappa shape index (κ3) is 4.39. The number of carbonyl (C=O) groups excluding carboxylic acids is 1. The van der Waals surface area contributed by atoms with Crippen LogP contribution < -0.4 is 11.1 Å². The minimum atomic E-state index is -0.684. The van der Waals surface area contributed by atoms with Crippen LogP contribution in [0.5, 0.6) is 0 Å². The molecule has 0 atom stereocenters. The monoisotopic (exact) mass is 440 g/mol. The third-order valence-corrected chi connectivity index (χ3v) is 5.71. The molecular weight excluding hydrogens is 417 g/mol. The van der Waals surface area contributed by atoms with E-state index in [1.54, 1.807) is 25.3 Å². The molecule has 2 aromatic carbocycles. The first-order chi connectivity index (χ1) is 15.4. The number of fused-ring (bicyclic) bond motifs is 1. The van der Waals surface area contributed by atoms with Crippen molar-refractivity contribution in [2.24, 2.45) is 10.7 Å². The fourth-order valence-corrected chi connectivity index (χ4v) is 4.17. The van der Waals surface area contributed by atoms with Crippen molar-refractivity contribution in [3.63, 3.8) is 0 Å². The van der Waals surface area contributed by atoms with Crippen LogP contribution in [0.4, 0.5) is 13.2 Å². The van der Waals surface area contributed by atoms with E-state index >= 15 is 0 Å². The Hall–Kier alpha value is -3.55. The van der Waals surface area contributed by atoms with Crippen LogP contribution in [-0.4, -0.2) is 30.2 Å². The average Bonchev–Trinajstić information content (AvgIpc) is 3.08. The maximum Gasteiger partial charge on any atom is 0.226 e. The Labute approximate surface area is 183 Å². The van der Waals surface area contributed by atoms with Crippen molar-refractivity contribution in [1.29, 1.82) is 0 Å². The van der Waals surface area contributed by atoms with E-state index in [2.05, 4.69) is 15.3 Å². The summed E-state index contributed by atoms with van der Waals surface area (Å²) in [7, 11) is 1.61. The number of rotatable bonds is 6. The van der Waals surface area contributed by atoms with Crippen LogP contribution in [0.3, 0.4) is 0 Å². The highest BCUT2D eigenvalue weighted by atomic mass is 19.1. The van der Waals surface area contributed by atoms with Crippen molar-refractivity contribution in [2.75, 3.05) is 7.05 Å². The van der Waals surface area contributed by atoms with E-state index in [-0.39, 0.29) is 35.6 Å². The van der Waals surface area contributed by atoms with Crippen LogP contribution in [0.1, 0.15) is 30.7 Å². The van der Waals surface area contributed by atoms with Gasteiger partial charge in [0, 0.05) is 36.5 Å². The molecule has 1 aliphatic rings. The van der Waals surface area contributed by atoms with Gasteiger partial charge in [0.25, 0.3) is 0 Å². The number of aromatic amines is 1. The first-order valence-electron chi connectivity index (χ1n) is 10.3. The number of aromatic nitrogens is 1. The summed E-state index contributed by atoms with van der Waals surface area (Å²) in [6.45, 7) is 0. The molecule has 5 nitrogen and oxygen atoms in total. The molecule has 1 fully saturated rings. The van der Waals surface area contributed by atoms with E-state index in [0.29, 0.717) is 35.2 Å². The zero-order chi connectivity index (χ0) is 22.8. The molecule has 32 heavy (non-hydrogen) atoms. The SMILES string of the molecule is CN=C/C=C(\N)CC(=O)NC1CC(c2c(-c3ccc(F)cc3)[nH]c3c(F)cc(F)cc23)C1. The number of hydrogen-bond acceptors (Lipinski definition) is 3. The molecule has 0 unspecified atom stereocenters. The zero-order valence-corrected chi connectivity index (χ0v) is 17.5. The Bertz CT molecular complexity index is 1210. The third-order valence-electron chi connectivity index (χ3n) is 5.71. The number of nitrogens with one attached hydrogen (secondary N) is 2. The van der Waals surface area contributed by atoms with Gasteiger partial charge in [0.2, 0.25) is 5.91 Å². The first-order valence-corrected chi connectivity index (χ1v) is 10.3. The molecular formula is C24H23F3N4O. The molecule has 0 bridgehead atoms. The lowest BCUT2D eigenvalue weighted by molar-refractivity contribution is -0.121. The van der Waals surface area contributed by atoms with E-state index in [1.807, 2.05) is 0 Å². The van der Waals surface area contributed by atoms with Gasteiger partial charge in [-0.1, -0.05) is 0 Å². The summed E-state index contributed by atoms with van der Waals surface area (Å²) in [5, 5.41) is 3.40. The Morgan fingerprint density at radius 3 is 2.59 bits per heavy atom. The Morgan fingerprint density at radius 1 is 1.19 bits per heavy atom. The number of benzene rings is 2. The van der Waals surface area contributed by atoms with Crippen molar-refractivity contribution in [1.82, 2.24) is 10.3 Å². The van der Waals surface area contributed by atoms with Crippen molar-refractivity contribution in [2.45, 2.75) is 31.2 Å². The number of hydrogen-bond donors (Lipinski definition) is 3. The largest absolute Gasteiger partial charge is 0.402 e. The molecule has 1 heterocycles. The van der Waals surface area contributed by atoms with Gasteiger partial charge in [-0.15, -0.1) is 0 Å². The first kappa shape index (κ1) is 21.7. The van der Waals surface area contributed by atoms with Gasteiger partial charge in [-0.25, -0.2) is 13.2 Å². The van der Waals surface area contributed by atoms with Crippen LogP contribution in [0.2, 0.25) is 0 Å². The van der Waals surface area contributed by atoms with E-state index in [1.165, 1.54) is 24.4 Å². The number of allylic oxidation sites excluding steroid dienone is 1.